The maximum absolute atomic E-state index is 12.9. The number of benzene rings is 2. The number of anilines is 1. The highest BCUT2D eigenvalue weighted by Crippen LogP contribution is 2.28. The Morgan fingerprint density at radius 1 is 0.939 bits per heavy atom. The van der Waals surface area contributed by atoms with Gasteiger partial charge in [-0.15, -0.1) is 0 Å². The second kappa shape index (κ2) is 11.0. The summed E-state index contributed by atoms with van der Waals surface area (Å²) in [5.41, 5.74) is 0.666. The molecule has 0 saturated carbocycles. The number of alkyl halides is 2. The highest BCUT2D eigenvalue weighted by atomic mass is 19.3. The molecule has 33 heavy (non-hydrogen) atoms. The number of hydrogen-bond donors (Lipinski definition) is 1. The fourth-order valence-corrected chi connectivity index (χ4v) is 3.64. The molecule has 2 aromatic carbocycles. The molecule has 1 heterocycles. The first kappa shape index (κ1) is 24.2. The molecule has 10 heteroatoms. The summed E-state index contributed by atoms with van der Waals surface area (Å²) in [6, 6.07) is 10.5. The molecule has 1 N–H and O–H groups in total. The van der Waals surface area contributed by atoms with Gasteiger partial charge < -0.3 is 24.4 Å². The van der Waals surface area contributed by atoms with Crippen LogP contribution in [0.2, 0.25) is 0 Å². The lowest BCUT2D eigenvalue weighted by atomic mass is 10.1. The van der Waals surface area contributed by atoms with Gasteiger partial charge in [0.05, 0.1) is 25.9 Å². The summed E-state index contributed by atoms with van der Waals surface area (Å²) >= 11 is 0. The van der Waals surface area contributed by atoms with Gasteiger partial charge in [0.1, 0.15) is 5.75 Å². The van der Waals surface area contributed by atoms with Crippen LogP contribution >= 0.6 is 0 Å². The number of amides is 2. The van der Waals surface area contributed by atoms with E-state index in [2.05, 4.69) is 10.1 Å². The lowest BCUT2D eigenvalue weighted by molar-refractivity contribution is -0.121. The Hall–Kier alpha value is -3.40. The second-order valence-electron chi connectivity index (χ2n) is 7.44. The van der Waals surface area contributed by atoms with Crippen LogP contribution in [0.3, 0.4) is 0 Å². The van der Waals surface area contributed by atoms with Gasteiger partial charge >= 0.3 is 6.61 Å². The van der Waals surface area contributed by atoms with Crippen LogP contribution in [0.4, 0.5) is 14.5 Å². The Morgan fingerprint density at radius 3 is 2.24 bits per heavy atom. The second-order valence-corrected chi connectivity index (χ2v) is 7.44. The first-order chi connectivity index (χ1) is 15.8. The molecular weight excluding hydrogens is 436 g/mol. The lowest BCUT2D eigenvalue weighted by Gasteiger charge is -2.37. The minimum Gasteiger partial charge on any atom is -0.493 e. The monoisotopic (exact) mass is 463 g/mol. The van der Waals surface area contributed by atoms with Crippen molar-refractivity contribution in [3.05, 3.63) is 48.0 Å². The van der Waals surface area contributed by atoms with E-state index in [0.717, 1.165) is 0 Å². The summed E-state index contributed by atoms with van der Waals surface area (Å²) in [5, 5.41) is 2.65. The molecule has 1 aliphatic heterocycles. The molecular formula is C23H27F2N3O5. The Morgan fingerprint density at radius 2 is 1.61 bits per heavy atom. The average Bonchev–Trinajstić information content (AvgIpc) is 2.83. The zero-order chi connectivity index (χ0) is 24.0. The van der Waals surface area contributed by atoms with Gasteiger partial charge in [0.15, 0.2) is 11.5 Å². The van der Waals surface area contributed by atoms with Crippen LogP contribution in [0, 0.1) is 0 Å². The number of ether oxygens (including phenoxy) is 3. The van der Waals surface area contributed by atoms with Crippen LogP contribution in [0.25, 0.3) is 0 Å². The van der Waals surface area contributed by atoms with Gasteiger partial charge in [0, 0.05) is 31.7 Å². The molecule has 1 saturated heterocycles. The van der Waals surface area contributed by atoms with Crippen molar-refractivity contribution < 1.29 is 32.6 Å². The van der Waals surface area contributed by atoms with Gasteiger partial charge in [0.2, 0.25) is 5.91 Å². The van der Waals surface area contributed by atoms with Gasteiger partial charge in [-0.25, -0.2) is 0 Å². The summed E-state index contributed by atoms with van der Waals surface area (Å²) in [6.45, 7) is 0.603. The average molecular weight is 463 g/mol. The fraction of sp³-hybridized carbons (Fsp3) is 0.391. The van der Waals surface area contributed by atoms with Crippen LogP contribution < -0.4 is 19.5 Å². The summed E-state index contributed by atoms with van der Waals surface area (Å²) < 4.78 is 40.1. The molecule has 0 aromatic heterocycles. The number of hydrogen-bond acceptors (Lipinski definition) is 6. The quantitative estimate of drug-likeness (QED) is 0.648. The number of halogens is 2. The van der Waals surface area contributed by atoms with Crippen molar-refractivity contribution in [2.75, 3.05) is 45.7 Å². The number of nitrogens with zero attached hydrogens (tertiary/aromatic N) is 2. The van der Waals surface area contributed by atoms with Crippen molar-refractivity contribution in [3.8, 4) is 17.2 Å². The van der Waals surface area contributed by atoms with Crippen LogP contribution in [0.15, 0.2) is 42.5 Å². The Bertz CT molecular complexity index is 980. The predicted molar refractivity (Wildman–Crippen MR) is 118 cm³/mol. The van der Waals surface area contributed by atoms with Crippen LogP contribution in [0.1, 0.15) is 17.3 Å². The highest BCUT2D eigenvalue weighted by Gasteiger charge is 2.28. The molecule has 0 spiro atoms. The third-order valence-corrected chi connectivity index (χ3v) is 5.52. The SMILES string of the molecule is COc1ccc(C(=O)N2CCN(C(C)C(=O)Nc3ccccc3OC(F)F)CC2)cc1OC. The molecule has 2 aromatic rings. The van der Waals surface area contributed by atoms with Crippen LogP contribution in [-0.4, -0.2) is 74.7 Å². The van der Waals surface area contributed by atoms with E-state index in [0.29, 0.717) is 43.2 Å². The minimum atomic E-state index is -2.99. The predicted octanol–water partition coefficient (Wildman–Crippen LogP) is 3.09. The zero-order valence-electron chi connectivity index (χ0n) is 18.7. The number of para-hydroxylation sites is 2. The number of rotatable bonds is 8. The van der Waals surface area contributed by atoms with E-state index in [1.165, 1.54) is 26.4 Å². The summed E-state index contributed by atoms with van der Waals surface area (Å²) in [6.07, 6.45) is 0. The standard InChI is InChI=1S/C23H27F2N3O5/c1-15(21(29)26-17-6-4-5-7-18(17)33-23(24)25)27-10-12-28(13-11-27)22(30)16-8-9-19(31-2)20(14-16)32-3/h4-9,14-15,23H,10-13H2,1-3H3,(H,26,29). The van der Waals surface area contributed by atoms with Gasteiger partial charge in [-0.1, -0.05) is 12.1 Å². The van der Waals surface area contributed by atoms with Gasteiger partial charge in [-0.05, 0) is 37.3 Å². The maximum atomic E-state index is 12.9. The van der Waals surface area contributed by atoms with E-state index < -0.39 is 12.7 Å². The first-order valence-electron chi connectivity index (χ1n) is 10.4. The molecule has 3 rings (SSSR count). The van der Waals surface area contributed by atoms with E-state index >= 15 is 0 Å². The molecule has 1 aliphatic rings. The van der Waals surface area contributed by atoms with E-state index in [1.54, 1.807) is 42.2 Å². The third-order valence-electron chi connectivity index (χ3n) is 5.52. The van der Waals surface area contributed by atoms with Gasteiger partial charge in [-0.2, -0.15) is 8.78 Å². The van der Waals surface area contributed by atoms with Crippen molar-refractivity contribution in [1.29, 1.82) is 0 Å². The Balaban J connectivity index is 1.58. The Labute approximate surface area is 191 Å². The first-order valence-corrected chi connectivity index (χ1v) is 10.4. The number of nitrogens with one attached hydrogen (secondary N) is 1. The van der Waals surface area contributed by atoms with Gasteiger partial charge in [-0.3, -0.25) is 14.5 Å². The van der Waals surface area contributed by atoms with Crippen molar-refractivity contribution in [2.45, 2.75) is 19.6 Å². The third kappa shape index (κ3) is 5.89. The van der Waals surface area contributed by atoms with E-state index in [1.807, 2.05) is 4.90 Å². The number of piperazine rings is 1. The normalized spacial score (nSPS) is 15.2. The lowest BCUT2D eigenvalue weighted by Crippen LogP contribution is -2.54. The summed E-state index contributed by atoms with van der Waals surface area (Å²) in [7, 11) is 3.04. The van der Waals surface area contributed by atoms with E-state index in [-0.39, 0.29) is 23.3 Å². The molecule has 2 amide bonds. The largest absolute Gasteiger partial charge is 0.493 e. The minimum absolute atomic E-state index is 0.0987. The van der Waals surface area contributed by atoms with Crippen molar-refractivity contribution in [1.82, 2.24) is 9.80 Å². The number of methoxy groups -OCH3 is 2. The molecule has 0 aliphatic carbocycles. The zero-order valence-corrected chi connectivity index (χ0v) is 18.7. The van der Waals surface area contributed by atoms with E-state index in [4.69, 9.17) is 9.47 Å². The van der Waals surface area contributed by atoms with Crippen molar-refractivity contribution in [2.24, 2.45) is 0 Å². The van der Waals surface area contributed by atoms with Crippen LogP contribution in [-0.2, 0) is 4.79 Å². The molecule has 8 nitrogen and oxygen atoms in total. The molecule has 1 fully saturated rings. The topological polar surface area (TPSA) is 80.3 Å². The fourth-order valence-electron chi connectivity index (χ4n) is 3.64. The molecule has 0 bridgehead atoms. The molecule has 0 radical (unpaired) electrons. The summed E-state index contributed by atoms with van der Waals surface area (Å²) in [4.78, 5) is 29.3. The summed E-state index contributed by atoms with van der Waals surface area (Å²) in [5.74, 6) is 0.437. The van der Waals surface area contributed by atoms with E-state index in [9.17, 15) is 18.4 Å². The van der Waals surface area contributed by atoms with Crippen molar-refractivity contribution >= 4 is 17.5 Å². The maximum Gasteiger partial charge on any atom is 0.387 e. The molecule has 178 valence electrons. The molecule has 1 unspecified atom stereocenters. The number of carbonyl (C=O) groups excluding carboxylic acids is 2. The smallest absolute Gasteiger partial charge is 0.387 e. The van der Waals surface area contributed by atoms with Gasteiger partial charge in [0.25, 0.3) is 5.91 Å². The Kier molecular flexibility index (Phi) is 8.05. The number of carbonyl (C=O) groups is 2. The van der Waals surface area contributed by atoms with Crippen LogP contribution in [0.5, 0.6) is 17.2 Å². The highest BCUT2D eigenvalue weighted by molar-refractivity contribution is 5.96. The van der Waals surface area contributed by atoms with Crippen molar-refractivity contribution in [3.63, 3.8) is 0 Å². The molecule has 1 atom stereocenters.